The Kier molecular flexibility index (Phi) is 4.74. The van der Waals surface area contributed by atoms with Crippen molar-refractivity contribution >= 4 is 0 Å². The Morgan fingerprint density at radius 2 is 1.82 bits per heavy atom. The topological polar surface area (TPSA) is 12.0 Å². The van der Waals surface area contributed by atoms with Crippen LogP contribution in [-0.4, -0.2) is 12.6 Å². The molecule has 1 nitrogen and oxygen atoms in total. The standard InChI is InChI=1S/C8H17N.C2H6/c1-4-8(9-3)5-7(2)6-8;1-2/h7,9H,4-6H2,1-3H3;1-2H3. The Morgan fingerprint density at radius 3 is 1.91 bits per heavy atom. The molecule has 0 aromatic rings. The van der Waals surface area contributed by atoms with Gasteiger partial charge >= 0.3 is 0 Å². The van der Waals surface area contributed by atoms with Crippen molar-refractivity contribution < 1.29 is 0 Å². The van der Waals surface area contributed by atoms with E-state index >= 15 is 0 Å². The number of nitrogens with one attached hydrogen (secondary N) is 1. The van der Waals surface area contributed by atoms with Crippen LogP contribution in [0.4, 0.5) is 0 Å². The van der Waals surface area contributed by atoms with Gasteiger partial charge in [0.25, 0.3) is 0 Å². The molecule has 0 saturated heterocycles. The van der Waals surface area contributed by atoms with Gasteiger partial charge < -0.3 is 5.32 Å². The maximum Gasteiger partial charge on any atom is 0.0181 e. The van der Waals surface area contributed by atoms with Crippen LogP contribution in [0.1, 0.15) is 47.0 Å². The normalized spacial score (nSPS) is 35.2. The van der Waals surface area contributed by atoms with Crippen LogP contribution in [0.2, 0.25) is 0 Å². The summed E-state index contributed by atoms with van der Waals surface area (Å²) in [7, 11) is 2.08. The van der Waals surface area contributed by atoms with Crippen LogP contribution in [0.15, 0.2) is 0 Å². The molecule has 1 saturated carbocycles. The largest absolute Gasteiger partial charge is 0.314 e. The maximum absolute atomic E-state index is 3.40. The minimum absolute atomic E-state index is 0.527. The van der Waals surface area contributed by atoms with Crippen molar-refractivity contribution in [1.29, 1.82) is 0 Å². The van der Waals surface area contributed by atoms with E-state index in [2.05, 4.69) is 26.2 Å². The van der Waals surface area contributed by atoms with Crippen molar-refractivity contribution in [3.8, 4) is 0 Å². The summed E-state index contributed by atoms with van der Waals surface area (Å²) in [5, 5.41) is 3.40. The lowest BCUT2D eigenvalue weighted by Gasteiger charge is -2.46. The highest BCUT2D eigenvalue weighted by Crippen LogP contribution is 2.39. The average Bonchev–Trinajstić information content (AvgIpc) is 2.02. The monoisotopic (exact) mass is 157 g/mol. The molecule has 0 unspecified atom stereocenters. The summed E-state index contributed by atoms with van der Waals surface area (Å²) in [4.78, 5) is 0. The lowest BCUT2D eigenvalue weighted by Crippen LogP contribution is -2.52. The quantitative estimate of drug-likeness (QED) is 0.650. The van der Waals surface area contributed by atoms with Gasteiger partial charge in [0, 0.05) is 5.54 Å². The third-order valence-corrected chi connectivity index (χ3v) is 2.69. The zero-order valence-corrected chi connectivity index (χ0v) is 8.70. The molecule has 0 aromatic heterocycles. The summed E-state index contributed by atoms with van der Waals surface area (Å²) >= 11 is 0. The summed E-state index contributed by atoms with van der Waals surface area (Å²) in [5.74, 6) is 0.956. The molecule has 1 rings (SSSR count). The van der Waals surface area contributed by atoms with Gasteiger partial charge in [-0.05, 0) is 32.2 Å². The molecule has 0 heterocycles. The second kappa shape index (κ2) is 4.76. The molecule has 0 aliphatic heterocycles. The minimum atomic E-state index is 0.527. The lowest BCUT2D eigenvalue weighted by molar-refractivity contribution is 0.121. The van der Waals surface area contributed by atoms with Crippen LogP contribution in [0, 0.1) is 5.92 Å². The first-order valence-corrected chi connectivity index (χ1v) is 4.91. The number of rotatable bonds is 2. The van der Waals surface area contributed by atoms with Crippen LogP contribution in [-0.2, 0) is 0 Å². The van der Waals surface area contributed by atoms with E-state index in [4.69, 9.17) is 0 Å². The molecule has 1 aliphatic rings. The molecule has 0 radical (unpaired) electrons. The molecule has 0 spiro atoms. The van der Waals surface area contributed by atoms with Gasteiger partial charge in [0.15, 0.2) is 0 Å². The first kappa shape index (κ1) is 11.0. The second-order valence-electron chi connectivity index (χ2n) is 3.40. The van der Waals surface area contributed by atoms with E-state index in [1.165, 1.54) is 19.3 Å². The summed E-state index contributed by atoms with van der Waals surface area (Å²) < 4.78 is 0. The highest BCUT2D eigenvalue weighted by molar-refractivity contribution is 4.97. The van der Waals surface area contributed by atoms with E-state index in [0.29, 0.717) is 5.54 Å². The lowest BCUT2D eigenvalue weighted by atomic mass is 9.68. The van der Waals surface area contributed by atoms with Crippen molar-refractivity contribution in [2.45, 2.75) is 52.5 Å². The molecule has 0 amide bonds. The van der Waals surface area contributed by atoms with Crippen LogP contribution >= 0.6 is 0 Å². The van der Waals surface area contributed by atoms with E-state index in [1.807, 2.05) is 13.8 Å². The molecule has 1 heteroatoms. The van der Waals surface area contributed by atoms with Crippen molar-refractivity contribution in [3.05, 3.63) is 0 Å². The highest BCUT2D eigenvalue weighted by Gasteiger charge is 2.38. The molecule has 68 valence electrons. The summed E-state index contributed by atoms with van der Waals surface area (Å²) in [6.45, 7) is 8.59. The van der Waals surface area contributed by atoms with E-state index in [1.54, 1.807) is 0 Å². The molecule has 0 atom stereocenters. The van der Waals surface area contributed by atoms with Gasteiger partial charge in [0.1, 0.15) is 0 Å². The van der Waals surface area contributed by atoms with Gasteiger partial charge in [0.05, 0.1) is 0 Å². The fraction of sp³-hybridized carbons (Fsp3) is 1.00. The van der Waals surface area contributed by atoms with Gasteiger partial charge in [-0.15, -0.1) is 0 Å². The van der Waals surface area contributed by atoms with Crippen molar-refractivity contribution in [2.24, 2.45) is 5.92 Å². The van der Waals surface area contributed by atoms with Gasteiger partial charge in [0.2, 0.25) is 0 Å². The van der Waals surface area contributed by atoms with Crippen molar-refractivity contribution in [2.75, 3.05) is 7.05 Å². The number of hydrogen-bond acceptors (Lipinski definition) is 1. The fourth-order valence-corrected chi connectivity index (χ4v) is 1.94. The van der Waals surface area contributed by atoms with Gasteiger partial charge in [-0.25, -0.2) is 0 Å². The average molecular weight is 157 g/mol. The van der Waals surface area contributed by atoms with Gasteiger partial charge in [-0.2, -0.15) is 0 Å². The van der Waals surface area contributed by atoms with Crippen molar-refractivity contribution in [1.82, 2.24) is 5.32 Å². The molecule has 1 fully saturated rings. The minimum Gasteiger partial charge on any atom is -0.314 e. The molecule has 0 bridgehead atoms. The van der Waals surface area contributed by atoms with E-state index in [9.17, 15) is 0 Å². The van der Waals surface area contributed by atoms with E-state index in [-0.39, 0.29) is 0 Å². The molecule has 11 heavy (non-hydrogen) atoms. The molecule has 0 aromatic carbocycles. The van der Waals surface area contributed by atoms with Crippen LogP contribution in [0.5, 0.6) is 0 Å². The van der Waals surface area contributed by atoms with Crippen LogP contribution in [0.25, 0.3) is 0 Å². The van der Waals surface area contributed by atoms with Crippen LogP contribution < -0.4 is 5.32 Å². The Hall–Kier alpha value is -0.0400. The second-order valence-corrected chi connectivity index (χ2v) is 3.40. The van der Waals surface area contributed by atoms with Crippen molar-refractivity contribution in [3.63, 3.8) is 0 Å². The summed E-state index contributed by atoms with van der Waals surface area (Å²) in [5.41, 5.74) is 0.527. The van der Waals surface area contributed by atoms with Gasteiger partial charge in [-0.1, -0.05) is 27.7 Å². The zero-order chi connectivity index (χ0) is 8.91. The molecule has 1 aliphatic carbocycles. The molecule has 1 N–H and O–H groups in total. The van der Waals surface area contributed by atoms with Gasteiger partial charge in [-0.3, -0.25) is 0 Å². The smallest absolute Gasteiger partial charge is 0.0181 e. The SMILES string of the molecule is CC.CCC1(NC)CC(C)C1. The Balaban J connectivity index is 0.000000461. The predicted molar refractivity (Wildman–Crippen MR) is 51.8 cm³/mol. The fourth-order valence-electron chi connectivity index (χ4n) is 1.94. The maximum atomic E-state index is 3.40. The van der Waals surface area contributed by atoms with E-state index in [0.717, 1.165) is 5.92 Å². The zero-order valence-electron chi connectivity index (χ0n) is 8.70. The first-order chi connectivity index (χ1) is 5.22. The predicted octanol–water partition coefficient (Wildman–Crippen LogP) is 2.81. The summed E-state index contributed by atoms with van der Waals surface area (Å²) in [6.07, 6.45) is 4.04. The summed E-state index contributed by atoms with van der Waals surface area (Å²) in [6, 6.07) is 0. The molecular weight excluding hydrogens is 134 g/mol. The Bertz CT molecular complexity index is 87.0. The third kappa shape index (κ3) is 2.48. The number of hydrogen-bond donors (Lipinski definition) is 1. The Morgan fingerprint density at radius 1 is 1.36 bits per heavy atom. The van der Waals surface area contributed by atoms with Crippen LogP contribution in [0.3, 0.4) is 0 Å². The third-order valence-electron chi connectivity index (χ3n) is 2.69. The first-order valence-electron chi connectivity index (χ1n) is 4.91. The molecular formula is C10H23N. The van der Waals surface area contributed by atoms with E-state index < -0.39 is 0 Å². The Labute approximate surface area is 71.6 Å². The highest BCUT2D eigenvalue weighted by atomic mass is 15.0.